The van der Waals surface area contributed by atoms with Crippen molar-refractivity contribution in [2.45, 2.75) is 39.0 Å². The van der Waals surface area contributed by atoms with E-state index in [4.69, 9.17) is 4.74 Å². The Balaban J connectivity index is 1.61. The van der Waals surface area contributed by atoms with Gasteiger partial charge in [0.15, 0.2) is 11.6 Å². The van der Waals surface area contributed by atoms with Crippen LogP contribution in [0.4, 0.5) is 4.39 Å². The zero-order chi connectivity index (χ0) is 14.8. The maximum Gasteiger partial charge on any atom is 0.166 e. The van der Waals surface area contributed by atoms with E-state index >= 15 is 0 Å². The molecule has 1 N–H and O–H groups in total. The molecule has 112 valence electrons. The Morgan fingerprint density at radius 1 is 1.38 bits per heavy atom. The molecule has 0 bridgehead atoms. The average Bonchev–Trinajstić information content (AvgIpc) is 3.20. The summed E-state index contributed by atoms with van der Waals surface area (Å²) in [5, 5.41) is 3.51. The SMILES string of the molecule is Cc1sc(CNC2CC2)cc1COc1ccc(Br)cc1F. The minimum atomic E-state index is -0.340. The third kappa shape index (κ3) is 4.05. The number of thiophene rings is 1. The molecule has 1 fully saturated rings. The average molecular weight is 370 g/mol. The van der Waals surface area contributed by atoms with Crippen LogP contribution >= 0.6 is 27.3 Å². The molecule has 1 heterocycles. The van der Waals surface area contributed by atoms with Gasteiger partial charge >= 0.3 is 0 Å². The second kappa shape index (κ2) is 6.46. The Morgan fingerprint density at radius 2 is 2.19 bits per heavy atom. The molecule has 0 radical (unpaired) electrons. The van der Waals surface area contributed by atoms with Gasteiger partial charge < -0.3 is 10.1 Å². The van der Waals surface area contributed by atoms with Crippen LogP contribution in [-0.4, -0.2) is 6.04 Å². The summed E-state index contributed by atoms with van der Waals surface area (Å²) in [5.41, 5.74) is 1.13. The molecule has 1 aromatic heterocycles. The Kier molecular flexibility index (Phi) is 4.62. The number of hydrogen-bond acceptors (Lipinski definition) is 3. The fourth-order valence-corrected chi connectivity index (χ4v) is 3.43. The summed E-state index contributed by atoms with van der Waals surface area (Å²) in [6.07, 6.45) is 2.59. The molecule has 2 nitrogen and oxygen atoms in total. The fraction of sp³-hybridized carbons (Fsp3) is 0.375. The molecule has 0 spiro atoms. The molecule has 2 aromatic rings. The van der Waals surface area contributed by atoms with Crippen LogP contribution in [0.15, 0.2) is 28.7 Å². The molecule has 1 aliphatic rings. The third-order valence-electron chi connectivity index (χ3n) is 3.49. The summed E-state index contributed by atoms with van der Waals surface area (Å²) in [6.45, 7) is 3.41. The van der Waals surface area contributed by atoms with Crippen molar-refractivity contribution in [1.29, 1.82) is 0 Å². The molecule has 0 unspecified atom stereocenters. The Morgan fingerprint density at radius 3 is 2.90 bits per heavy atom. The van der Waals surface area contributed by atoms with Gasteiger partial charge in [0.2, 0.25) is 0 Å². The summed E-state index contributed by atoms with van der Waals surface area (Å²) in [4.78, 5) is 2.55. The van der Waals surface area contributed by atoms with E-state index in [1.807, 2.05) is 0 Å². The van der Waals surface area contributed by atoms with Crippen LogP contribution < -0.4 is 10.1 Å². The van der Waals surface area contributed by atoms with Crippen molar-refractivity contribution in [2.24, 2.45) is 0 Å². The van der Waals surface area contributed by atoms with E-state index in [-0.39, 0.29) is 5.82 Å². The molecule has 1 saturated carbocycles. The predicted octanol–water partition coefficient (Wildman–Crippen LogP) is 4.79. The lowest BCUT2D eigenvalue weighted by Gasteiger charge is -2.07. The molecular formula is C16H17BrFNOS. The van der Waals surface area contributed by atoms with Gasteiger partial charge in [0.05, 0.1) is 0 Å². The highest BCUT2D eigenvalue weighted by Gasteiger charge is 2.20. The molecule has 0 amide bonds. The minimum absolute atomic E-state index is 0.293. The van der Waals surface area contributed by atoms with Crippen LogP contribution in [0.25, 0.3) is 0 Å². The maximum absolute atomic E-state index is 13.7. The van der Waals surface area contributed by atoms with E-state index in [1.54, 1.807) is 23.5 Å². The second-order valence-corrected chi connectivity index (χ2v) is 7.57. The van der Waals surface area contributed by atoms with Crippen LogP contribution in [-0.2, 0) is 13.2 Å². The highest BCUT2D eigenvalue weighted by molar-refractivity contribution is 9.10. The van der Waals surface area contributed by atoms with E-state index < -0.39 is 0 Å². The van der Waals surface area contributed by atoms with Gasteiger partial charge in [-0.3, -0.25) is 0 Å². The summed E-state index contributed by atoms with van der Waals surface area (Å²) in [7, 11) is 0. The summed E-state index contributed by atoms with van der Waals surface area (Å²) in [6, 6.07) is 7.72. The summed E-state index contributed by atoms with van der Waals surface area (Å²) in [5.74, 6) is -0.0469. The number of benzene rings is 1. The largest absolute Gasteiger partial charge is 0.486 e. The molecule has 3 rings (SSSR count). The van der Waals surface area contributed by atoms with Gasteiger partial charge in [0, 0.05) is 32.4 Å². The molecule has 1 aliphatic carbocycles. The van der Waals surface area contributed by atoms with Crippen LogP contribution in [0, 0.1) is 12.7 Å². The first kappa shape index (κ1) is 15.0. The van der Waals surface area contributed by atoms with Crippen molar-refractivity contribution in [3.8, 4) is 5.75 Å². The van der Waals surface area contributed by atoms with Gasteiger partial charge in [-0.25, -0.2) is 4.39 Å². The summed E-state index contributed by atoms with van der Waals surface area (Å²) >= 11 is 5.02. The molecule has 5 heteroatoms. The third-order valence-corrected chi connectivity index (χ3v) is 5.08. The van der Waals surface area contributed by atoms with Gasteiger partial charge in [-0.2, -0.15) is 0 Å². The highest BCUT2D eigenvalue weighted by atomic mass is 79.9. The van der Waals surface area contributed by atoms with Gasteiger partial charge in [0.1, 0.15) is 6.61 Å². The molecule has 0 saturated heterocycles. The van der Waals surface area contributed by atoms with Crippen molar-refractivity contribution in [3.63, 3.8) is 0 Å². The Labute approximate surface area is 136 Å². The van der Waals surface area contributed by atoms with E-state index in [2.05, 4.69) is 34.2 Å². The number of hydrogen-bond donors (Lipinski definition) is 1. The van der Waals surface area contributed by atoms with Gasteiger partial charge in [0.25, 0.3) is 0 Å². The van der Waals surface area contributed by atoms with Gasteiger partial charge in [-0.05, 0) is 44.0 Å². The normalized spacial score (nSPS) is 14.4. The number of rotatable bonds is 6. The summed E-state index contributed by atoms with van der Waals surface area (Å²) < 4.78 is 20.0. The fourth-order valence-electron chi connectivity index (χ4n) is 2.10. The second-order valence-electron chi connectivity index (χ2n) is 5.31. The maximum atomic E-state index is 13.7. The number of aryl methyl sites for hydroxylation is 1. The van der Waals surface area contributed by atoms with Gasteiger partial charge in [-0.15, -0.1) is 11.3 Å². The minimum Gasteiger partial charge on any atom is -0.486 e. The van der Waals surface area contributed by atoms with Crippen LogP contribution in [0.2, 0.25) is 0 Å². The lowest BCUT2D eigenvalue weighted by Crippen LogP contribution is -2.14. The first-order valence-electron chi connectivity index (χ1n) is 7.01. The van der Waals surface area contributed by atoms with E-state index in [0.717, 1.165) is 12.1 Å². The quantitative estimate of drug-likeness (QED) is 0.790. The standard InChI is InChI=1S/C16H17BrFNOS/c1-10-11(6-14(21-10)8-19-13-3-4-13)9-20-16-5-2-12(17)7-15(16)18/h2,5-7,13,19H,3-4,8-9H2,1H3. The van der Waals surface area contributed by atoms with Crippen molar-refractivity contribution < 1.29 is 9.13 Å². The highest BCUT2D eigenvalue weighted by Crippen LogP contribution is 2.27. The topological polar surface area (TPSA) is 21.3 Å². The molecule has 21 heavy (non-hydrogen) atoms. The first-order chi connectivity index (χ1) is 10.1. The van der Waals surface area contributed by atoms with Crippen LogP contribution in [0.1, 0.15) is 28.2 Å². The Hall–Kier alpha value is -0.910. The van der Waals surface area contributed by atoms with E-state index in [1.165, 1.54) is 28.7 Å². The lowest BCUT2D eigenvalue weighted by molar-refractivity contribution is 0.290. The number of halogens is 2. The molecular weight excluding hydrogens is 353 g/mol. The zero-order valence-electron chi connectivity index (χ0n) is 11.8. The van der Waals surface area contributed by atoms with Gasteiger partial charge in [-0.1, -0.05) is 15.9 Å². The monoisotopic (exact) mass is 369 g/mol. The molecule has 0 aliphatic heterocycles. The zero-order valence-corrected chi connectivity index (χ0v) is 14.2. The Bertz CT molecular complexity index is 639. The first-order valence-corrected chi connectivity index (χ1v) is 8.62. The van der Waals surface area contributed by atoms with Crippen molar-refractivity contribution in [3.05, 3.63) is 49.9 Å². The molecule has 1 aromatic carbocycles. The predicted molar refractivity (Wildman–Crippen MR) is 87.3 cm³/mol. The van der Waals surface area contributed by atoms with Crippen molar-refractivity contribution in [2.75, 3.05) is 0 Å². The smallest absolute Gasteiger partial charge is 0.166 e. The number of ether oxygens (including phenoxy) is 1. The van der Waals surface area contributed by atoms with Crippen LogP contribution in [0.3, 0.4) is 0 Å². The number of nitrogens with one attached hydrogen (secondary N) is 1. The lowest BCUT2D eigenvalue weighted by atomic mass is 10.2. The van der Waals surface area contributed by atoms with E-state index in [9.17, 15) is 4.39 Å². The van der Waals surface area contributed by atoms with Crippen molar-refractivity contribution in [1.82, 2.24) is 5.32 Å². The van der Waals surface area contributed by atoms with E-state index in [0.29, 0.717) is 22.9 Å². The van der Waals surface area contributed by atoms with Crippen LogP contribution in [0.5, 0.6) is 5.75 Å². The molecule has 0 atom stereocenters. The van der Waals surface area contributed by atoms with Crippen molar-refractivity contribution >= 4 is 27.3 Å².